The summed E-state index contributed by atoms with van der Waals surface area (Å²) in [6, 6.07) is 0. The second-order valence-electron chi connectivity index (χ2n) is 6.73. The van der Waals surface area contributed by atoms with E-state index in [1.807, 2.05) is 27.7 Å². The zero-order chi connectivity index (χ0) is 18.9. The molecule has 0 aromatic carbocycles. The zero-order valence-electron chi connectivity index (χ0n) is 16.3. The molecular weight excluding hydrogens is 324 g/mol. The number of ether oxygens (including phenoxy) is 3. The van der Waals surface area contributed by atoms with E-state index in [9.17, 15) is 9.59 Å². The van der Waals surface area contributed by atoms with E-state index in [0.717, 1.165) is 0 Å². The normalized spacial score (nSPS) is 11.1. The van der Waals surface area contributed by atoms with Crippen molar-refractivity contribution in [3.05, 3.63) is 0 Å². The summed E-state index contributed by atoms with van der Waals surface area (Å²) in [4.78, 5) is 22.8. The van der Waals surface area contributed by atoms with E-state index < -0.39 is 0 Å². The standard InChI is InChI=1S/C18H36N2O5/c1-15(2)13-17(21)19-5-7-23-9-11-25-12-10-24-8-6-20-18(22)14-16(3)4/h15-16H,5-14H2,1-4H3,(H,19,21)(H,20,22). The predicted molar refractivity (Wildman–Crippen MR) is 97.4 cm³/mol. The van der Waals surface area contributed by atoms with Gasteiger partial charge in [0, 0.05) is 25.9 Å². The van der Waals surface area contributed by atoms with Gasteiger partial charge < -0.3 is 24.8 Å². The van der Waals surface area contributed by atoms with Crippen molar-refractivity contribution in [2.75, 3.05) is 52.7 Å². The van der Waals surface area contributed by atoms with Gasteiger partial charge in [0.2, 0.25) is 11.8 Å². The Labute approximate surface area is 152 Å². The molecule has 0 aliphatic rings. The van der Waals surface area contributed by atoms with Crippen LogP contribution < -0.4 is 10.6 Å². The van der Waals surface area contributed by atoms with Gasteiger partial charge in [-0.05, 0) is 11.8 Å². The monoisotopic (exact) mass is 360 g/mol. The molecule has 25 heavy (non-hydrogen) atoms. The lowest BCUT2D eigenvalue weighted by atomic mass is 10.1. The van der Waals surface area contributed by atoms with Gasteiger partial charge in [0.05, 0.1) is 39.6 Å². The molecule has 0 atom stereocenters. The van der Waals surface area contributed by atoms with Crippen molar-refractivity contribution >= 4 is 11.8 Å². The highest BCUT2D eigenvalue weighted by atomic mass is 16.5. The second kappa shape index (κ2) is 16.3. The second-order valence-corrected chi connectivity index (χ2v) is 6.73. The van der Waals surface area contributed by atoms with Crippen molar-refractivity contribution in [1.29, 1.82) is 0 Å². The first-order chi connectivity index (χ1) is 11.9. The summed E-state index contributed by atoms with van der Waals surface area (Å²) in [5, 5.41) is 5.62. The fraction of sp³-hybridized carbons (Fsp3) is 0.889. The topological polar surface area (TPSA) is 85.9 Å². The average molecular weight is 360 g/mol. The molecule has 0 unspecified atom stereocenters. The van der Waals surface area contributed by atoms with Gasteiger partial charge in [-0.1, -0.05) is 27.7 Å². The van der Waals surface area contributed by atoms with Gasteiger partial charge in [-0.2, -0.15) is 0 Å². The number of rotatable bonds is 16. The highest BCUT2D eigenvalue weighted by Crippen LogP contribution is 1.98. The molecule has 0 bridgehead atoms. The molecule has 0 rings (SSSR count). The van der Waals surface area contributed by atoms with E-state index in [1.165, 1.54) is 0 Å². The first-order valence-electron chi connectivity index (χ1n) is 9.18. The van der Waals surface area contributed by atoms with Gasteiger partial charge in [-0.25, -0.2) is 0 Å². The first kappa shape index (κ1) is 23.8. The molecular formula is C18H36N2O5. The van der Waals surface area contributed by atoms with Crippen molar-refractivity contribution in [3.63, 3.8) is 0 Å². The Bertz CT molecular complexity index is 316. The molecule has 0 aromatic rings. The maximum atomic E-state index is 11.4. The summed E-state index contributed by atoms with van der Waals surface area (Å²) >= 11 is 0. The van der Waals surface area contributed by atoms with Crippen LogP contribution in [0.2, 0.25) is 0 Å². The van der Waals surface area contributed by atoms with Crippen LogP contribution in [-0.4, -0.2) is 64.5 Å². The van der Waals surface area contributed by atoms with Crippen LogP contribution in [0.15, 0.2) is 0 Å². The Morgan fingerprint density at radius 1 is 0.640 bits per heavy atom. The molecule has 0 saturated heterocycles. The third-order valence-corrected chi connectivity index (χ3v) is 3.07. The van der Waals surface area contributed by atoms with E-state index in [4.69, 9.17) is 14.2 Å². The molecule has 7 nitrogen and oxygen atoms in total. The van der Waals surface area contributed by atoms with Crippen molar-refractivity contribution in [2.45, 2.75) is 40.5 Å². The van der Waals surface area contributed by atoms with Crippen molar-refractivity contribution in [1.82, 2.24) is 10.6 Å². The third kappa shape index (κ3) is 19.0. The number of hydrogen-bond donors (Lipinski definition) is 2. The lowest BCUT2D eigenvalue weighted by molar-refractivity contribution is -0.122. The molecule has 2 N–H and O–H groups in total. The predicted octanol–water partition coefficient (Wildman–Crippen LogP) is 1.36. The number of hydrogen-bond acceptors (Lipinski definition) is 5. The minimum Gasteiger partial charge on any atom is -0.377 e. The van der Waals surface area contributed by atoms with Crippen LogP contribution in [0.3, 0.4) is 0 Å². The lowest BCUT2D eigenvalue weighted by Gasteiger charge is -2.09. The Morgan fingerprint density at radius 3 is 1.28 bits per heavy atom. The van der Waals surface area contributed by atoms with E-state index in [-0.39, 0.29) is 11.8 Å². The molecule has 0 spiro atoms. The van der Waals surface area contributed by atoms with Crippen LogP contribution in [0.4, 0.5) is 0 Å². The number of carbonyl (C=O) groups excluding carboxylic acids is 2. The summed E-state index contributed by atoms with van der Waals surface area (Å²) in [5.74, 6) is 0.862. The summed E-state index contributed by atoms with van der Waals surface area (Å²) in [7, 11) is 0. The Morgan fingerprint density at radius 2 is 0.960 bits per heavy atom. The van der Waals surface area contributed by atoms with E-state index in [0.29, 0.717) is 77.4 Å². The van der Waals surface area contributed by atoms with Gasteiger partial charge in [0.15, 0.2) is 0 Å². The molecule has 0 aliphatic heterocycles. The molecule has 0 fully saturated rings. The molecule has 2 amide bonds. The minimum absolute atomic E-state index is 0.0624. The summed E-state index contributed by atoms with van der Waals surface area (Å²) < 4.78 is 16.1. The van der Waals surface area contributed by atoms with Crippen molar-refractivity contribution in [3.8, 4) is 0 Å². The van der Waals surface area contributed by atoms with Gasteiger partial charge in [0.1, 0.15) is 0 Å². The van der Waals surface area contributed by atoms with Gasteiger partial charge in [-0.3, -0.25) is 9.59 Å². The van der Waals surface area contributed by atoms with Gasteiger partial charge in [0.25, 0.3) is 0 Å². The highest BCUT2D eigenvalue weighted by Gasteiger charge is 2.04. The summed E-state index contributed by atoms with van der Waals surface area (Å²) in [6.07, 6.45) is 1.09. The summed E-state index contributed by atoms with van der Waals surface area (Å²) in [6.45, 7) is 12.0. The maximum absolute atomic E-state index is 11.4. The summed E-state index contributed by atoms with van der Waals surface area (Å²) in [5.41, 5.74) is 0. The maximum Gasteiger partial charge on any atom is 0.220 e. The fourth-order valence-electron chi connectivity index (χ4n) is 1.95. The number of nitrogens with one attached hydrogen (secondary N) is 2. The molecule has 0 aliphatic carbocycles. The van der Waals surface area contributed by atoms with Crippen LogP contribution in [0, 0.1) is 11.8 Å². The number of carbonyl (C=O) groups is 2. The van der Waals surface area contributed by atoms with Crippen LogP contribution in [0.5, 0.6) is 0 Å². The number of amides is 2. The fourth-order valence-corrected chi connectivity index (χ4v) is 1.95. The van der Waals surface area contributed by atoms with Crippen LogP contribution in [-0.2, 0) is 23.8 Å². The van der Waals surface area contributed by atoms with Crippen molar-refractivity contribution < 1.29 is 23.8 Å². The van der Waals surface area contributed by atoms with Crippen LogP contribution in [0.25, 0.3) is 0 Å². The largest absolute Gasteiger partial charge is 0.377 e. The third-order valence-electron chi connectivity index (χ3n) is 3.07. The Kier molecular flexibility index (Phi) is 15.5. The van der Waals surface area contributed by atoms with Crippen LogP contribution >= 0.6 is 0 Å². The lowest BCUT2D eigenvalue weighted by Crippen LogP contribution is -2.28. The highest BCUT2D eigenvalue weighted by molar-refractivity contribution is 5.76. The van der Waals surface area contributed by atoms with Gasteiger partial charge >= 0.3 is 0 Å². The zero-order valence-corrected chi connectivity index (χ0v) is 16.3. The quantitative estimate of drug-likeness (QED) is 0.406. The van der Waals surface area contributed by atoms with E-state index in [2.05, 4.69) is 10.6 Å². The van der Waals surface area contributed by atoms with Crippen molar-refractivity contribution in [2.24, 2.45) is 11.8 Å². The smallest absolute Gasteiger partial charge is 0.220 e. The van der Waals surface area contributed by atoms with E-state index >= 15 is 0 Å². The average Bonchev–Trinajstić information content (AvgIpc) is 2.50. The minimum atomic E-state index is 0.0624. The molecule has 0 radical (unpaired) electrons. The van der Waals surface area contributed by atoms with Crippen LogP contribution in [0.1, 0.15) is 40.5 Å². The van der Waals surface area contributed by atoms with E-state index in [1.54, 1.807) is 0 Å². The molecule has 7 heteroatoms. The Balaban J connectivity index is 3.19. The molecule has 0 saturated carbocycles. The molecule has 0 aromatic heterocycles. The van der Waals surface area contributed by atoms with Gasteiger partial charge in [-0.15, -0.1) is 0 Å². The Hall–Kier alpha value is -1.18. The molecule has 148 valence electrons. The first-order valence-corrected chi connectivity index (χ1v) is 9.18. The molecule has 0 heterocycles. The SMILES string of the molecule is CC(C)CC(=O)NCCOCCOCCOCCNC(=O)CC(C)C.